The summed E-state index contributed by atoms with van der Waals surface area (Å²) in [7, 11) is 1.83. The Morgan fingerprint density at radius 3 is 2.59 bits per heavy atom. The van der Waals surface area contributed by atoms with Gasteiger partial charge in [0.25, 0.3) is 0 Å². The molecule has 0 spiro atoms. The highest BCUT2D eigenvalue weighted by atomic mass is 16.5. The highest BCUT2D eigenvalue weighted by molar-refractivity contribution is 5.80. The summed E-state index contributed by atoms with van der Waals surface area (Å²) >= 11 is 0. The number of carbonyl (C=O) groups excluding carboxylic acids is 1. The second-order valence-corrected chi connectivity index (χ2v) is 8.04. The number of nitrogens with zero attached hydrogens (tertiary/aromatic N) is 3. The summed E-state index contributed by atoms with van der Waals surface area (Å²) in [5, 5.41) is 3.48. The van der Waals surface area contributed by atoms with Crippen LogP contribution in [0.4, 0.5) is 0 Å². The minimum absolute atomic E-state index is 0.123. The summed E-state index contributed by atoms with van der Waals surface area (Å²) in [6.07, 6.45) is 4.22. The fraction of sp³-hybridized carbons (Fsp3) is 0.636. The molecule has 3 heterocycles. The second-order valence-electron chi connectivity index (χ2n) is 8.04. The molecule has 7 heteroatoms. The van der Waals surface area contributed by atoms with Crippen LogP contribution in [0.3, 0.4) is 0 Å². The van der Waals surface area contributed by atoms with Crippen LogP contribution in [-0.2, 0) is 27.4 Å². The van der Waals surface area contributed by atoms with Crippen LogP contribution in [0.15, 0.2) is 29.3 Å². The average Bonchev–Trinajstić information content (AvgIpc) is 3.42. The first-order chi connectivity index (χ1) is 14.2. The first kappa shape index (κ1) is 20.2. The van der Waals surface area contributed by atoms with Crippen LogP contribution in [0.25, 0.3) is 0 Å². The number of amides is 1. The maximum absolute atomic E-state index is 11.8. The lowest BCUT2D eigenvalue weighted by molar-refractivity contribution is -0.128. The molecule has 3 aliphatic rings. The molecular weight excluding hydrogens is 368 g/mol. The molecule has 0 bridgehead atoms. The van der Waals surface area contributed by atoms with Gasteiger partial charge in [0.1, 0.15) is 6.10 Å². The number of nitrogens with one attached hydrogen (secondary N) is 1. The van der Waals surface area contributed by atoms with Gasteiger partial charge in [-0.15, -0.1) is 0 Å². The summed E-state index contributed by atoms with van der Waals surface area (Å²) in [4.78, 5) is 20.5. The molecule has 1 N–H and O–H groups in total. The van der Waals surface area contributed by atoms with E-state index in [2.05, 4.69) is 39.5 Å². The largest absolute Gasteiger partial charge is 0.375 e. The summed E-state index contributed by atoms with van der Waals surface area (Å²) in [6.45, 7) is 5.52. The third-order valence-electron chi connectivity index (χ3n) is 6.00. The van der Waals surface area contributed by atoms with E-state index in [0.717, 1.165) is 58.0 Å². The monoisotopic (exact) mass is 400 g/mol. The van der Waals surface area contributed by atoms with Crippen molar-refractivity contribution in [1.82, 2.24) is 15.1 Å². The summed E-state index contributed by atoms with van der Waals surface area (Å²) in [5.74, 6) is 1.18. The Balaban J connectivity index is 1.28. The van der Waals surface area contributed by atoms with Crippen molar-refractivity contribution in [2.24, 2.45) is 4.99 Å². The normalized spacial score (nSPS) is 25.7. The van der Waals surface area contributed by atoms with E-state index in [-0.39, 0.29) is 18.1 Å². The average molecular weight is 401 g/mol. The van der Waals surface area contributed by atoms with Gasteiger partial charge >= 0.3 is 0 Å². The molecule has 0 radical (unpaired) electrons. The first-order valence-corrected chi connectivity index (χ1v) is 10.8. The molecule has 0 aromatic heterocycles. The zero-order chi connectivity index (χ0) is 20.1. The Morgan fingerprint density at radius 1 is 1.10 bits per heavy atom. The van der Waals surface area contributed by atoms with E-state index in [1.165, 1.54) is 11.1 Å². The maximum atomic E-state index is 11.8. The molecule has 0 saturated carbocycles. The minimum atomic E-state index is 0.123. The smallest absolute Gasteiger partial charge is 0.222 e. The van der Waals surface area contributed by atoms with Gasteiger partial charge in [-0.2, -0.15) is 0 Å². The van der Waals surface area contributed by atoms with Gasteiger partial charge in [0.05, 0.1) is 12.7 Å². The zero-order valence-corrected chi connectivity index (χ0v) is 17.3. The Kier molecular flexibility index (Phi) is 6.67. The second kappa shape index (κ2) is 9.59. The Bertz CT molecular complexity index is 715. The van der Waals surface area contributed by atoms with Gasteiger partial charge in [0.2, 0.25) is 5.91 Å². The SMILES string of the molecule is CN=C(NCc1ccc(CN2CCCC2=O)cc1)N1CCOC(C2CCCO2)C1. The number of rotatable bonds is 5. The zero-order valence-electron chi connectivity index (χ0n) is 17.3. The van der Waals surface area contributed by atoms with Crippen LogP contribution in [0.2, 0.25) is 0 Å². The first-order valence-electron chi connectivity index (χ1n) is 10.8. The van der Waals surface area contributed by atoms with Gasteiger partial charge in [-0.1, -0.05) is 24.3 Å². The fourth-order valence-corrected chi connectivity index (χ4v) is 4.36. The predicted molar refractivity (Wildman–Crippen MR) is 112 cm³/mol. The molecule has 29 heavy (non-hydrogen) atoms. The van der Waals surface area contributed by atoms with Crippen LogP contribution in [-0.4, -0.2) is 73.8 Å². The van der Waals surface area contributed by atoms with Crippen molar-refractivity contribution in [1.29, 1.82) is 0 Å². The van der Waals surface area contributed by atoms with Crippen molar-refractivity contribution < 1.29 is 14.3 Å². The molecule has 2 atom stereocenters. The van der Waals surface area contributed by atoms with E-state index in [4.69, 9.17) is 9.47 Å². The van der Waals surface area contributed by atoms with Gasteiger partial charge in [-0.25, -0.2) is 0 Å². The van der Waals surface area contributed by atoms with Crippen molar-refractivity contribution in [2.45, 2.75) is 51.0 Å². The number of benzene rings is 1. The highest BCUT2D eigenvalue weighted by Gasteiger charge is 2.32. The molecule has 1 aromatic carbocycles. The Labute approximate surface area is 173 Å². The topological polar surface area (TPSA) is 66.4 Å². The number of morpholine rings is 1. The standard InChI is InChI=1S/C22H32N4O3/c1-23-22(26-11-13-29-20(16-26)19-4-3-12-28-19)24-14-17-6-8-18(9-7-17)15-25-10-2-5-21(25)27/h6-9,19-20H,2-5,10-16H2,1H3,(H,23,24). The summed E-state index contributed by atoms with van der Waals surface area (Å²) < 4.78 is 11.8. The molecule has 3 fully saturated rings. The van der Waals surface area contributed by atoms with E-state index in [1.807, 2.05) is 11.9 Å². The van der Waals surface area contributed by atoms with Crippen LogP contribution in [0.5, 0.6) is 0 Å². The van der Waals surface area contributed by atoms with E-state index in [9.17, 15) is 4.79 Å². The molecular formula is C22H32N4O3. The van der Waals surface area contributed by atoms with Crippen molar-refractivity contribution in [3.63, 3.8) is 0 Å². The number of aliphatic imine (C=N–C) groups is 1. The van der Waals surface area contributed by atoms with E-state index >= 15 is 0 Å². The van der Waals surface area contributed by atoms with Crippen LogP contribution in [0.1, 0.15) is 36.8 Å². The van der Waals surface area contributed by atoms with Crippen LogP contribution >= 0.6 is 0 Å². The fourth-order valence-electron chi connectivity index (χ4n) is 4.36. The molecule has 2 unspecified atom stereocenters. The Morgan fingerprint density at radius 2 is 1.90 bits per heavy atom. The predicted octanol–water partition coefficient (Wildman–Crippen LogP) is 1.76. The van der Waals surface area contributed by atoms with Gasteiger partial charge in [0, 0.05) is 52.8 Å². The van der Waals surface area contributed by atoms with Gasteiger partial charge < -0.3 is 24.6 Å². The molecule has 1 amide bonds. The molecule has 1 aromatic rings. The molecule has 4 rings (SSSR count). The number of carbonyl (C=O) groups is 1. The maximum Gasteiger partial charge on any atom is 0.222 e. The molecule has 158 valence electrons. The number of hydrogen-bond donors (Lipinski definition) is 1. The molecule has 3 aliphatic heterocycles. The van der Waals surface area contributed by atoms with Crippen molar-refractivity contribution in [3.8, 4) is 0 Å². The Hall–Kier alpha value is -2.12. The summed E-state index contributed by atoms with van der Waals surface area (Å²) in [6, 6.07) is 8.50. The number of hydrogen-bond acceptors (Lipinski definition) is 4. The van der Waals surface area contributed by atoms with Crippen LogP contribution < -0.4 is 5.32 Å². The lowest BCUT2D eigenvalue weighted by Gasteiger charge is -2.37. The lowest BCUT2D eigenvalue weighted by Crippen LogP contribution is -2.53. The van der Waals surface area contributed by atoms with Crippen molar-refractivity contribution in [3.05, 3.63) is 35.4 Å². The third-order valence-corrected chi connectivity index (χ3v) is 6.00. The van der Waals surface area contributed by atoms with E-state index in [0.29, 0.717) is 19.6 Å². The van der Waals surface area contributed by atoms with Gasteiger partial charge in [-0.3, -0.25) is 9.79 Å². The number of guanidine groups is 1. The van der Waals surface area contributed by atoms with Gasteiger partial charge in [0.15, 0.2) is 5.96 Å². The highest BCUT2D eigenvalue weighted by Crippen LogP contribution is 2.21. The van der Waals surface area contributed by atoms with Crippen molar-refractivity contribution in [2.75, 3.05) is 39.9 Å². The van der Waals surface area contributed by atoms with Gasteiger partial charge in [-0.05, 0) is 30.4 Å². The van der Waals surface area contributed by atoms with E-state index in [1.54, 1.807) is 0 Å². The molecule has 3 saturated heterocycles. The quantitative estimate of drug-likeness (QED) is 0.603. The molecule has 7 nitrogen and oxygen atoms in total. The van der Waals surface area contributed by atoms with Crippen LogP contribution in [0, 0.1) is 0 Å². The van der Waals surface area contributed by atoms with Crippen molar-refractivity contribution >= 4 is 11.9 Å². The number of likely N-dealkylation sites (tertiary alicyclic amines) is 1. The van der Waals surface area contributed by atoms with E-state index < -0.39 is 0 Å². The molecule has 0 aliphatic carbocycles. The summed E-state index contributed by atoms with van der Waals surface area (Å²) in [5.41, 5.74) is 2.38. The minimum Gasteiger partial charge on any atom is -0.375 e. The third kappa shape index (κ3) is 5.08. The lowest BCUT2D eigenvalue weighted by atomic mass is 10.1. The number of ether oxygens (including phenoxy) is 2.